The molecule has 4 aromatic rings. The minimum atomic E-state index is -4.96. The van der Waals surface area contributed by atoms with Crippen LogP contribution >= 0.6 is 0 Å². The van der Waals surface area contributed by atoms with Crippen LogP contribution in [0.3, 0.4) is 0 Å². The van der Waals surface area contributed by atoms with Gasteiger partial charge in [-0.25, -0.2) is 0 Å². The number of aromatic nitrogens is 1. The first-order valence-electron chi connectivity index (χ1n) is 19.8. The molecule has 3 aliphatic rings. The van der Waals surface area contributed by atoms with Gasteiger partial charge < -0.3 is 33.0 Å². The summed E-state index contributed by atoms with van der Waals surface area (Å²) >= 11 is 0. The van der Waals surface area contributed by atoms with Crippen LogP contribution in [0, 0.1) is 11.8 Å². The predicted octanol–water partition coefficient (Wildman–Crippen LogP) is 9.59. The second-order valence-corrected chi connectivity index (χ2v) is 22.2. The average molecular weight is 849 g/mol. The summed E-state index contributed by atoms with van der Waals surface area (Å²) in [5, 5.41) is 16.7. The van der Waals surface area contributed by atoms with E-state index in [9.17, 15) is 5.11 Å². The van der Waals surface area contributed by atoms with Crippen LogP contribution in [0.25, 0.3) is 0 Å². The van der Waals surface area contributed by atoms with E-state index in [-0.39, 0.29) is 71.3 Å². The molecule has 1 N–H and O–H groups in total. The van der Waals surface area contributed by atoms with Gasteiger partial charge in [-0.05, 0) is 78.9 Å². The number of hydrogen-bond donors (Lipinski definition) is 1. The number of allylic oxidation sites excluding steroid dienone is 1. The van der Waals surface area contributed by atoms with Crippen molar-refractivity contribution < 1.29 is 55.8 Å². The average Bonchev–Trinajstić information content (AvgIpc) is 3.60. The van der Waals surface area contributed by atoms with Crippen LogP contribution in [0.15, 0.2) is 82.6 Å². The van der Waals surface area contributed by atoms with Crippen LogP contribution in [0.4, 0.5) is 13.2 Å². The highest BCUT2D eigenvalue weighted by atomic mass is 28.4. The van der Waals surface area contributed by atoms with E-state index in [1.807, 2.05) is 70.3 Å². The molecule has 15 heteroatoms. The highest BCUT2D eigenvalue weighted by Crippen LogP contribution is 2.60. The molecule has 0 fully saturated rings. The Morgan fingerprint density at radius 3 is 2.05 bits per heavy atom. The molecule has 1 heterocycles. The molecule has 3 aromatic carbocycles. The van der Waals surface area contributed by atoms with E-state index < -0.39 is 72.2 Å². The molecule has 0 amide bonds. The minimum absolute atomic E-state index is 0.0325. The minimum Gasteiger partial charge on any atom is -0.508 e. The van der Waals surface area contributed by atoms with Crippen molar-refractivity contribution in [3.8, 4) is 11.6 Å². The van der Waals surface area contributed by atoms with Crippen LogP contribution in [0.1, 0.15) is 93.8 Å². The Balaban J connectivity index is 1.47. The van der Waals surface area contributed by atoms with Crippen molar-refractivity contribution in [1.82, 2.24) is 10.1 Å². The summed E-state index contributed by atoms with van der Waals surface area (Å²) in [5.41, 5.74) is -3.02. The zero-order valence-electron chi connectivity index (χ0n) is 35.2. The van der Waals surface area contributed by atoms with Gasteiger partial charge in [0.25, 0.3) is 5.88 Å². The van der Waals surface area contributed by atoms with E-state index in [2.05, 4.69) is 5.16 Å². The number of carbonyl (C=O) groups is 2. The Morgan fingerprint density at radius 2 is 1.52 bits per heavy atom. The molecule has 0 bridgehead atoms. The van der Waals surface area contributed by atoms with Crippen molar-refractivity contribution in [3.05, 3.63) is 123 Å². The molecular formula is C45H51F3N2O9Si. The Hall–Kier alpha value is -4.80. The van der Waals surface area contributed by atoms with E-state index >= 15 is 22.8 Å². The molecule has 0 spiro atoms. The fraction of sp³-hybridized carbons (Fsp3) is 0.444. The van der Waals surface area contributed by atoms with E-state index in [4.69, 9.17) is 27.9 Å². The number of carbonyl (C=O) groups excluding carboxylic acids is 2. The van der Waals surface area contributed by atoms with Crippen molar-refractivity contribution in [2.75, 3.05) is 28.3 Å². The number of aliphatic hydroxyl groups excluding tert-OH is 1. The normalized spacial score (nSPS) is 21.8. The van der Waals surface area contributed by atoms with E-state index in [1.54, 1.807) is 43.3 Å². The van der Waals surface area contributed by atoms with Crippen molar-refractivity contribution in [1.29, 1.82) is 0 Å². The lowest BCUT2D eigenvalue weighted by molar-refractivity contribution is -0.148. The van der Waals surface area contributed by atoms with Gasteiger partial charge in [0, 0.05) is 31.3 Å². The number of ketones is 2. The first-order chi connectivity index (χ1) is 28.3. The maximum absolute atomic E-state index is 15.6. The molecule has 1 unspecified atom stereocenters. The zero-order valence-corrected chi connectivity index (χ0v) is 36.2. The van der Waals surface area contributed by atoms with E-state index in [0.29, 0.717) is 5.56 Å². The van der Waals surface area contributed by atoms with Gasteiger partial charge in [-0.2, -0.15) is 13.2 Å². The number of ether oxygens (including phenoxy) is 4. The molecule has 1 aromatic heterocycles. The van der Waals surface area contributed by atoms with Gasteiger partial charge in [-0.3, -0.25) is 14.5 Å². The number of benzene rings is 3. The first kappa shape index (κ1) is 43.3. The molecule has 0 saturated heterocycles. The van der Waals surface area contributed by atoms with Crippen LogP contribution < -0.4 is 9.47 Å². The number of aliphatic hydroxyl groups is 1. The Kier molecular flexibility index (Phi) is 11.5. The molecule has 11 nitrogen and oxygen atoms in total. The van der Waals surface area contributed by atoms with Crippen LogP contribution in [0.2, 0.25) is 18.1 Å². The summed E-state index contributed by atoms with van der Waals surface area (Å²) in [5.74, 6) is -4.25. The van der Waals surface area contributed by atoms with Gasteiger partial charge >= 0.3 is 6.18 Å². The summed E-state index contributed by atoms with van der Waals surface area (Å²) in [4.78, 5) is 32.6. The molecule has 0 radical (unpaired) electrons. The number of hydrogen-bond acceptors (Lipinski definition) is 11. The SMILES string of the molecule is COC(OC)c1cc(OCc2ccccc2)c2c(c1C(F)(F)F)C[C@H]1C[C@H]3[C@H](N(C)C)c4onc(OCc5ccccc5)c4C(=O)C3(O[Si](C)(C)C(C)(C)C)C(O)=C1C2=O. The van der Waals surface area contributed by atoms with Gasteiger partial charge in [0.15, 0.2) is 31.8 Å². The summed E-state index contributed by atoms with van der Waals surface area (Å²) in [7, 11) is 2.93. The number of methoxy groups -OCH3 is 2. The van der Waals surface area contributed by atoms with Crippen molar-refractivity contribution >= 4 is 19.9 Å². The van der Waals surface area contributed by atoms with E-state index in [1.165, 1.54) is 14.2 Å². The maximum Gasteiger partial charge on any atom is 0.417 e. The number of alkyl halides is 3. The monoisotopic (exact) mass is 848 g/mol. The fourth-order valence-corrected chi connectivity index (χ4v) is 10.2. The maximum atomic E-state index is 15.6. The molecule has 7 rings (SSSR count). The van der Waals surface area contributed by atoms with Crippen molar-refractivity contribution in [3.63, 3.8) is 0 Å². The van der Waals surface area contributed by atoms with Gasteiger partial charge in [-0.15, -0.1) is 0 Å². The number of Topliss-reactive ketones (excluding diaryl/α,β-unsaturated/α-hetero) is 2. The Morgan fingerprint density at radius 1 is 0.933 bits per heavy atom. The molecule has 0 saturated carbocycles. The molecule has 3 aliphatic carbocycles. The lowest BCUT2D eigenvalue weighted by atomic mass is 9.58. The van der Waals surface area contributed by atoms with E-state index in [0.717, 1.165) is 11.6 Å². The molecular weight excluding hydrogens is 798 g/mol. The molecule has 320 valence electrons. The number of halogens is 3. The number of fused-ring (bicyclic) bond motifs is 4. The summed E-state index contributed by atoms with van der Waals surface area (Å²) in [6.45, 7) is 9.78. The molecule has 0 aliphatic heterocycles. The largest absolute Gasteiger partial charge is 0.508 e. The zero-order chi connectivity index (χ0) is 43.5. The second-order valence-electron chi connectivity index (χ2n) is 17.4. The smallest absolute Gasteiger partial charge is 0.417 e. The lowest BCUT2D eigenvalue weighted by Crippen LogP contribution is -2.65. The highest BCUT2D eigenvalue weighted by molar-refractivity contribution is 6.74. The first-order valence-corrected chi connectivity index (χ1v) is 22.7. The molecule has 60 heavy (non-hydrogen) atoms. The van der Waals surface area contributed by atoms with Crippen LogP contribution in [0.5, 0.6) is 11.6 Å². The third kappa shape index (κ3) is 7.27. The van der Waals surface area contributed by atoms with Gasteiger partial charge in [0.2, 0.25) is 5.78 Å². The quantitative estimate of drug-likeness (QED) is 0.108. The second kappa shape index (κ2) is 15.9. The highest BCUT2D eigenvalue weighted by Gasteiger charge is 2.67. The summed E-state index contributed by atoms with van der Waals surface area (Å²) in [6, 6.07) is 18.6. The topological polar surface area (TPSA) is 130 Å². The number of rotatable bonds is 12. The third-order valence-electron chi connectivity index (χ3n) is 12.5. The van der Waals surface area contributed by atoms with Crippen LogP contribution in [-0.2, 0) is 39.7 Å². The standard InChI is InChI=1S/C45H51F3N2O9Si/c1-43(2,3)60(8,9)59-44-30(36(50(4)5)38-34(40(44)53)41(49-58-38)57-24-26-18-14-11-15-19-26)21-27-20-28-33(37(51)32(27)39(44)52)31(56-23-25-16-12-10-13-17-25)22-29(42(54-6)55-7)35(28)45(46,47)48/h10-19,22,27,30,36,42,52H,20-21,23-24H2,1-9H3/t27-,30-,36-,44?/m0/s1. The summed E-state index contributed by atoms with van der Waals surface area (Å²) in [6.07, 6.45) is -6.78. The van der Waals surface area contributed by atoms with Gasteiger partial charge in [-0.1, -0.05) is 81.4 Å². The fourth-order valence-electron chi connectivity index (χ4n) is 8.76. The Labute approximate surface area is 348 Å². The third-order valence-corrected chi connectivity index (χ3v) is 17.0. The lowest BCUT2D eigenvalue weighted by Gasteiger charge is -2.55. The summed E-state index contributed by atoms with van der Waals surface area (Å²) < 4.78 is 82.6. The number of nitrogens with zero attached hydrogens (tertiary/aromatic N) is 2. The van der Waals surface area contributed by atoms with Crippen molar-refractivity contribution in [2.45, 2.75) is 89.1 Å². The van der Waals surface area contributed by atoms with Crippen LogP contribution in [-0.4, -0.2) is 69.0 Å². The van der Waals surface area contributed by atoms with Gasteiger partial charge in [0.05, 0.1) is 17.2 Å². The molecule has 4 atom stereocenters. The van der Waals surface area contributed by atoms with Gasteiger partial charge in [0.1, 0.15) is 30.3 Å². The van der Waals surface area contributed by atoms with Crippen molar-refractivity contribution in [2.24, 2.45) is 11.8 Å². The predicted molar refractivity (Wildman–Crippen MR) is 217 cm³/mol. The Bertz CT molecular complexity index is 2300.